The van der Waals surface area contributed by atoms with Gasteiger partial charge in [0.05, 0.1) is 33.6 Å². The molecule has 5 heteroatoms. The molecule has 5 nitrogen and oxygen atoms in total. The van der Waals surface area contributed by atoms with Gasteiger partial charge in [0.1, 0.15) is 0 Å². The van der Waals surface area contributed by atoms with Gasteiger partial charge in [-0.05, 0) is 87.6 Å². The van der Waals surface area contributed by atoms with E-state index in [-0.39, 0.29) is 0 Å². The fraction of sp³-hybridized carbons (Fsp3) is 0. The van der Waals surface area contributed by atoms with Gasteiger partial charge in [0.2, 0.25) is 5.95 Å². The van der Waals surface area contributed by atoms with E-state index in [0.717, 1.165) is 89.4 Å². The lowest BCUT2D eigenvalue weighted by atomic mass is 9.98. The molecule has 276 valence electrons. The molecule has 0 fully saturated rings. The Morgan fingerprint density at radius 1 is 0.390 bits per heavy atom. The summed E-state index contributed by atoms with van der Waals surface area (Å²) in [5.74, 6) is 2.32. The fourth-order valence-corrected chi connectivity index (χ4v) is 8.81. The maximum atomic E-state index is 6.42. The van der Waals surface area contributed by atoms with Gasteiger partial charge in [0, 0.05) is 27.4 Å². The number of aromatic nitrogens is 3. The number of benzene rings is 9. The summed E-state index contributed by atoms with van der Waals surface area (Å²) in [6, 6.07) is 72.6. The van der Waals surface area contributed by atoms with Gasteiger partial charge in [-0.15, -0.1) is 0 Å². The topological polar surface area (TPSA) is 43.2 Å². The maximum absolute atomic E-state index is 6.42. The molecule has 0 radical (unpaired) electrons. The molecule has 1 aliphatic rings. The third kappa shape index (κ3) is 5.40. The minimum absolute atomic E-state index is 0.647. The van der Waals surface area contributed by atoms with Crippen LogP contribution in [0.1, 0.15) is 0 Å². The molecule has 0 saturated heterocycles. The lowest BCUT2D eigenvalue weighted by Gasteiger charge is -2.33. The molecule has 0 bridgehead atoms. The molecule has 12 rings (SSSR count). The quantitative estimate of drug-likeness (QED) is 0.175. The van der Waals surface area contributed by atoms with Crippen molar-refractivity contribution in [2.75, 3.05) is 4.90 Å². The van der Waals surface area contributed by atoms with Crippen LogP contribution in [0.5, 0.6) is 11.5 Å². The zero-order valence-electron chi connectivity index (χ0n) is 31.8. The molecule has 59 heavy (non-hydrogen) atoms. The highest BCUT2D eigenvalue weighted by Crippen LogP contribution is 2.51. The van der Waals surface area contributed by atoms with Crippen molar-refractivity contribution in [3.8, 4) is 51.0 Å². The molecule has 9 aromatic carbocycles. The van der Waals surface area contributed by atoms with Crippen molar-refractivity contribution in [2.45, 2.75) is 0 Å². The fourth-order valence-electron chi connectivity index (χ4n) is 8.81. The average molecular weight is 755 g/mol. The molecule has 0 aliphatic carbocycles. The van der Waals surface area contributed by atoms with E-state index >= 15 is 0 Å². The van der Waals surface area contributed by atoms with Gasteiger partial charge in [-0.1, -0.05) is 152 Å². The van der Waals surface area contributed by atoms with Crippen molar-refractivity contribution in [2.24, 2.45) is 0 Å². The second-order valence-electron chi connectivity index (χ2n) is 15.0. The summed E-state index contributed by atoms with van der Waals surface area (Å²) in [4.78, 5) is 12.9. The lowest BCUT2D eigenvalue weighted by Crippen LogP contribution is -2.15. The number of nitrogens with zero attached hydrogens (tertiary/aromatic N) is 4. The minimum atomic E-state index is 0.647. The van der Waals surface area contributed by atoms with Crippen LogP contribution in [0.15, 0.2) is 206 Å². The molecule has 0 saturated carbocycles. The molecule has 2 aromatic heterocycles. The van der Waals surface area contributed by atoms with Gasteiger partial charge >= 0.3 is 0 Å². The normalized spacial score (nSPS) is 12.2. The van der Waals surface area contributed by atoms with E-state index in [2.05, 4.69) is 185 Å². The van der Waals surface area contributed by atoms with Crippen molar-refractivity contribution in [1.82, 2.24) is 14.5 Å². The Labute approximate surface area is 340 Å². The lowest BCUT2D eigenvalue weighted by molar-refractivity contribution is 0.477. The monoisotopic (exact) mass is 754 g/mol. The van der Waals surface area contributed by atoms with E-state index in [9.17, 15) is 0 Å². The highest BCUT2D eigenvalue weighted by Gasteiger charge is 2.26. The zero-order chi connectivity index (χ0) is 38.9. The number of rotatable bonds is 5. The van der Waals surface area contributed by atoms with Gasteiger partial charge in [-0.2, -0.15) is 0 Å². The summed E-state index contributed by atoms with van der Waals surface area (Å²) >= 11 is 0. The molecule has 0 amide bonds. The van der Waals surface area contributed by atoms with Crippen molar-refractivity contribution in [3.63, 3.8) is 0 Å². The second-order valence-corrected chi connectivity index (χ2v) is 15.0. The SMILES string of the molecule is c1ccc(-c2nc(-n3c4cc(-c5ccc(-c6ccc7c(c6)N(c6ccccc6)c6ccccc6O7)cc5)ccc4c4c5ccccc5ccc43)nc3ccccc23)cc1. The Kier molecular flexibility index (Phi) is 7.47. The Morgan fingerprint density at radius 3 is 1.86 bits per heavy atom. The summed E-state index contributed by atoms with van der Waals surface area (Å²) in [7, 11) is 0. The first kappa shape index (κ1) is 33.2. The summed E-state index contributed by atoms with van der Waals surface area (Å²) in [6.45, 7) is 0. The Hall–Kier alpha value is -8.02. The maximum Gasteiger partial charge on any atom is 0.235 e. The van der Waals surface area contributed by atoms with E-state index < -0.39 is 0 Å². The first-order valence-corrected chi connectivity index (χ1v) is 19.9. The number of ether oxygens (including phenoxy) is 1. The van der Waals surface area contributed by atoms with Crippen LogP contribution < -0.4 is 9.64 Å². The molecular weight excluding hydrogens is 721 g/mol. The highest BCUT2D eigenvalue weighted by atomic mass is 16.5. The number of hydrogen-bond acceptors (Lipinski definition) is 4. The molecule has 0 spiro atoms. The summed E-state index contributed by atoms with van der Waals surface area (Å²) in [5, 5.41) is 5.80. The van der Waals surface area contributed by atoms with E-state index in [4.69, 9.17) is 14.7 Å². The van der Waals surface area contributed by atoms with Crippen LogP contribution in [-0.2, 0) is 0 Å². The number of anilines is 3. The van der Waals surface area contributed by atoms with Gasteiger partial charge in [0.15, 0.2) is 11.5 Å². The number of para-hydroxylation sites is 4. The average Bonchev–Trinajstić information content (AvgIpc) is 3.65. The van der Waals surface area contributed by atoms with Gasteiger partial charge < -0.3 is 9.64 Å². The third-order valence-electron chi connectivity index (χ3n) is 11.6. The van der Waals surface area contributed by atoms with E-state index in [0.29, 0.717) is 5.95 Å². The van der Waals surface area contributed by atoms with E-state index in [1.807, 2.05) is 30.3 Å². The summed E-state index contributed by atoms with van der Waals surface area (Å²) < 4.78 is 8.67. The third-order valence-corrected chi connectivity index (χ3v) is 11.6. The molecule has 11 aromatic rings. The van der Waals surface area contributed by atoms with Gasteiger partial charge in [0.25, 0.3) is 0 Å². The predicted molar refractivity (Wildman–Crippen MR) is 242 cm³/mol. The number of hydrogen-bond donors (Lipinski definition) is 0. The predicted octanol–water partition coefficient (Wildman–Crippen LogP) is 14.5. The Balaban J connectivity index is 0.994. The first-order chi connectivity index (χ1) is 29.2. The molecular formula is C54H34N4O. The molecule has 3 heterocycles. The van der Waals surface area contributed by atoms with E-state index in [1.54, 1.807) is 0 Å². The van der Waals surface area contributed by atoms with Crippen molar-refractivity contribution in [1.29, 1.82) is 0 Å². The van der Waals surface area contributed by atoms with Crippen LogP contribution in [0.2, 0.25) is 0 Å². The largest absolute Gasteiger partial charge is 0.453 e. The Morgan fingerprint density at radius 2 is 1.03 bits per heavy atom. The van der Waals surface area contributed by atoms with Gasteiger partial charge in [-0.3, -0.25) is 4.57 Å². The smallest absolute Gasteiger partial charge is 0.235 e. The number of fused-ring (bicyclic) bond motifs is 8. The molecule has 0 unspecified atom stereocenters. The first-order valence-electron chi connectivity index (χ1n) is 19.9. The van der Waals surface area contributed by atoms with E-state index in [1.165, 1.54) is 16.2 Å². The van der Waals surface area contributed by atoms with Gasteiger partial charge in [-0.25, -0.2) is 9.97 Å². The molecule has 0 N–H and O–H groups in total. The second kappa shape index (κ2) is 13.3. The highest BCUT2D eigenvalue weighted by molar-refractivity contribution is 6.21. The molecule has 1 aliphatic heterocycles. The van der Waals surface area contributed by atoms with Crippen molar-refractivity contribution < 1.29 is 4.74 Å². The van der Waals surface area contributed by atoms with Crippen LogP contribution in [0.25, 0.3) is 82.9 Å². The van der Waals surface area contributed by atoms with Crippen molar-refractivity contribution >= 4 is 60.5 Å². The van der Waals surface area contributed by atoms with Crippen LogP contribution >= 0.6 is 0 Å². The van der Waals surface area contributed by atoms with Crippen molar-refractivity contribution in [3.05, 3.63) is 206 Å². The standard InChI is InChI=1S/C54H34N4O/c1-3-14-38(15-4-1)53-43-19-9-10-20-45(43)55-54(56-53)58-47-31-28-37-13-7-8-18-42(37)52(47)44-30-27-39(33-48(44)58)35-23-25-36(26-24-35)40-29-32-51-49(34-40)57(41-16-5-2-6-17-41)46-21-11-12-22-50(46)59-51/h1-34H. The summed E-state index contributed by atoms with van der Waals surface area (Å²) in [5.41, 5.74) is 12.6. The summed E-state index contributed by atoms with van der Waals surface area (Å²) in [6.07, 6.45) is 0. The van der Waals surface area contributed by atoms with Crippen LogP contribution in [0.4, 0.5) is 17.1 Å². The van der Waals surface area contributed by atoms with Crippen LogP contribution in [-0.4, -0.2) is 14.5 Å². The Bertz CT molecular complexity index is 3410. The molecule has 0 atom stereocenters. The van der Waals surface area contributed by atoms with Crippen LogP contribution in [0, 0.1) is 0 Å². The zero-order valence-corrected chi connectivity index (χ0v) is 31.8. The minimum Gasteiger partial charge on any atom is -0.453 e. The van der Waals surface area contributed by atoms with Crippen LogP contribution in [0.3, 0.4) is 0 Å².